The number of amides is 1. The molecule has 5 rings (SSSR count). The number of rotatable bonds is 3. The van der Waals surface area contributed by atoms with Gasteiger partial charge in [0.1, 0.15) is 41.1 Å². The van der Waals surface area contributed by atoms with Gasteiger partial charge in [-0.2, -0.15) is 0 Å². The van der Waals surface area contributed by atoms with Crippen LogP contribution in [0.25, 0.3) is 11.4 Å². The summed E-state index contributed by atoms with van der Waals surface area (Å²) in [6.45, 7) is 3.04. The molecule has 1 atom stereocenters. The molecule has 0 radical (unpaired) electrons. The second-order valence-electron chi connectivity index (χ2n) is 8.27. The number of ether oxygens (including phenoxy) is 2. The van der Waals surface area contributed by atoms with E-state index in [4.69, 9.17) is 15.2 Å². The van der Waals surface area contributed by atoms with Crippen LogP contribution in [-0.2, 0) is 17.7 Å². The Morgan fingerprint density at radius 2 is 2.03 bits per heavy atom. The van der Waals surface area contributed by atoms with Crippen molar-refractivity contribution < 1.29 is 23.0 Å². The van der Waals surface area contributed by atoms with Crippen LogP contribution in [0.4, 0.5) is 8.78 Å². The summed E-state index contributed by atoms with van der Waals surface area (Å²) in [6.07, 6.45) is 0.901. The van der Waals surface area contributed by atoms with E-state index in [0.29, 0.717) is 41.5 Å². The van der Waals surface area contributed by atoms with Gasteiger partial charge in [0.15, 0.2) is 0 Å². The van der Waals surface area contributed by atoms with Crippen LogP contribution in [0.15, 0.2) is 36.4 Å². The van der Waals surface area contributed by atoms with Crippen molar-refractivity contribution in [2.75, 3.05) is 13.2 Å². The highest BCUT2D eigenvalue weighted by molar-refractivity contribution is 5.93. The van der Waals surface area contributed by atoms with E-state index >= 15 is 0 Å². The minimum Gasteiger partial charge on any atom is -0.491 e. The van der Waals surface area contributed by atoms with E-state index < -0.39 is 17.3 Å². The Hall–Kier alpha value is -3.70. The average molecular weight is 449 g/mol. The monoisotopic (exact) mass is 449 g/mol. The van der Waals surface area contributed by atoms with Crippen molar-refractivity contribution in [3.63, 3.8) is 0 Å². The smallest absolute Gasteiger partial charge is 0.269 e. The molecule has 0 saturated carbocycles. The lowest BCUT2D eigenvalue weighted by molar-refractivity contribution is -0.0912. The molecule has 0 aliphatic carbocycles. The lowest BCUT2D eigenvalue weighted by atomic mass is 9.97. The quantitative estimate of drug-likeness (QED) is 0.622. The van der Waals surface area contributed by atoms with Gasteiger partial charge in [-0.25, -0.2) is 13.8 Å². The topological polar surface area (TPSA) is 79.4 Å². The van der Waals surface area contributed by atoms with Gasteiger partial charge in [-0.1, -0.05) is 30.0 Å². The number of hydrogen-bond donors (Lipinski definition) is 1. The van der Waals surface area contributed by atoms with Crippen LogP contribution in [0.2, 0.25) is 0 Å². The zero-order chi connectivity index (χ0) is 23.2. The first-order valence-electron chi connectivity index (χ1n) is 10.6. The Kier molecular flexibility index (Phi) is 5.14. The summed E-state index contributed by atoms with van der Waals surface area (Å²) in [5.74, 6) is 4.90. The Bertz CT molecular complexity index is 1330. The minimum absolute atomic E-state index is 0.0495. The fourth-order valence-corrected chi connectivity index (χ4v) is 4.03. The van der Waals surface area contributed by atoms with E-state index in [1.54, 1.807) is 28.8 Å². The van der Waals surface area contributed by atoms with Crippen LogP contribution in [-0.4, -0.2) is 34.3 Å². The highest BCUT2D eigenvalue weighted by Crippen LogP contribution is 2.36. The number of halogens is 2. The van der Waals surface area contributed by atoms with Gasteiger partial charge in [0.2, 0.25) is 0 Å². The van der Waals surface area contributed by atoms with E-state index in [9.17, 15) is 13.6 Å². The van der Waals surface area contributed by atoms with Crippen molar-refractivity contribution in [2.24, 2.45) is 5.73 Å². The molecular weight excluding hydrogens is 428 g/mol. The molecule has 1 fully saturated rings. The van der Waals surface area contributed by atoms with E-state index in [0.717, 1.165) is 6.42 Å². The summed E-state index contributed by atoms with van der Waals surface area (Å²) in [4.78, 5) is 16.7. The number of nitrogens with two attached hydrogens (primary N) is 1. The van der Waals surface area contributed by atoms with Crippen molar-refractivity contribution >= 4 is 5.91 Å². The Morgan fingerprint density at radius 3 is 2.73 bits per heavy atom. The second kappa shape index (κ2) is 8.01. The van der Waals surface area contributed by atoms with Crippen LogP contribution in [0.5, 0.6) is 5.75 Å². The second-order valence-corrected chi connectivity index (χ2v) is 8.27. The normalized spacial score (nSPS) is 18.6. The van der Waals surface area contributed by atoms with Crippen molar-refractivity contribution in [3.8, 4) is 29.0 Å². The molecule has 2 aliphatic heterocycles. The molecule has 168 valence electrons. The summed E-state index contributed by atoms with van der Waals surface area (Å²) in [5, 5.41) is 0. The number of aromatic nitrogens is 2. The maximum absolute atomic E-state index is 14.8. The summed E-state index contributed by atoms with van der Waals surface area (Å²) < 4.78 is 42.1. The number of imidazole rings is 1. The molecule has 1 aromatic heterocycles. The van der Waals surface area contributed by atoms with Crippen molar-refractivity contribution in [2.45, 2.75) is 31.9 Å². The van der Waals surface area contributed by atoms with Gasteiger partial charge in [0.25, 0.3) is 5.91 Å². The third kappa shape index (κ3) is 3.85. The first-order chi connectivity index (χ1) is 15.8. The SMILES string of the molecule is CC1(C#Cc2cc3c(cc2F)OCCn2c-3nc(C(N)=O)c2Cc2ccccc2F)CCO1. The number of nitrogens with zero attached hydrogens (tertiary/aromatic N) is 2. The molecular formula is C25H21F2N3O3. The van der Waals surface area contributed by atoms with Gasteiger partial charge in [-0.3, -0.25) is 4.79 Å². The molecule has 33 heavy (non-hydrogen) atoms. The van der Waals surface area contributed by atoms with E-state index in [1.165, 1.54) is 12.1 Å². The zero-order valence-electron chi connectivity index (χ0n) is 18.0. The van der Waals surface area contributed by atoms with Crippen molar-refractivity contribution in [3.05, 3.63) is 70.5 Å². The molecule has 1 amide bonds. The maximum Gasteiger partial charge on any atom is 0.269 e. The molecule has 2 aromatic carbocycles. The highest BCUT2D eigenvalue weighted by atomic mass is 19.1. The third-order valence-electron chi connectivity index (χ3n) is 5.97. The lowest BCUT2D eigenvalue weighted by Gasteiger charge is -2.33. The van der Waals surface area contributed by atoms with Gasteiger partial charge in [0.05, 0.1) is 30.0 Å². The first kappa shape index (κ1) is 21.2. The van der Waals surface area contributed by atoms with Gasteiger partial charge in [-0.15, -0.1) is 0 Å². The molecule has 1 unspecified atom stereocenters. The molecule has 6 nitrogen and oxygen atoms in total. The number of benzene rings is 2. The summed E-state index contributed by atoms with van der Waals surface area (Å²) >= 11 is 0. The van der Waals surface area contributed by atoms with E-state index in [-0.39, 0.29) is 30.1 Å². The Balaban J connectivity index is 1.64. The predicted molar refractivity (Wildman–Crippen MR) is 117 cm³/mol. The molecule has 8 heteroatoms. The van der Waals surface area contributed by atoms with Crippen molar-refractivity contribution in [1.29, 1.82) is 0 Å². The average Bonchev–Trinajstić information content (AvgIpc) is 3.02. The van der Waals surface area contributed by atoms with Gasteiger partial charge in [0, 0.05) is 18.9 Å². The Morgan fingerprint density at radius 1 is 1.24 bits per heavy atom. The molecule has 3 aromatic rings. The number of carbonyl (C=O) groups excluding carboxylic acids is 1. The summed E-state index contributed by atoms with van der Waals surface area (Å²) in [7, 11) is 0. The van der Waals surface area contributed by atoms with Crippen LogP contribution in [0.3, 0.4) is 0 Å². The molecule has 3 heterocycles. The maximum atomic E-state index is 14.8. The summed E-state index contributed by atoms with van der Waals surface area (Å²) in [5.41, 5.74) is 6.62. The predicted octanol–water partition coefficient (Wildman–Crippen LogP) is 3.44. The zero-order valence-corrected chi connectivity index (χ0v) is 18.0. The Labute approximate surface area is 189 Å². The molecule has 1 saturated heterocycles. The van der Waals surface area contributed by atoms with Gasteiger partial charge >= 0.3 is 0 Å². The highest BCUT2D eigenvalue weighted by Gasteiger charge is 2.31. The number of hydrogen-bond acceptors (Lipinski definition) is 4. The molecule has 0 spiro atoms. The number of fused-ring (bicyclic) bond motifs is 3. The van der Waals surface area contributed by atoms with E-state index in [1.807, 2.05) is 6.92 Å². The molecule has 2 aliphatic rings. The van der Waals surface area contributed by atoms with E-state index in [2.05, 4.69) is 16.8 Å². The van der Waals surface area contributed by atoms with Crippen LogP contribution >= 0.6 is 0 Å². The standard InChI is InChI=1S/C25H21F2N3O3/c1-25(8-10-33-25)7-6-16-12-17-21(14-19(16)27)32-11-9-30-20(22(23(28)31)29-24(17)30)13-15-4-2-3-5-18(15)26/h2-5,12,14H,8-11,13H2,1H3,(H2,28,31). The fraction of sp³-hybridized carbons (Fsp3) is 0.280. The van der Waals surface area contributed by atoms with Crippen LogP contribution in [0.1, 0.15) is 40.7 Å². The molecule has 2 N–H and O–H groups in total. The van der Waals surface area contributed by atoms with Crippen LogP contribution < -0.4 is 10.5 Å². The largest absolute Gasteiger partial charge is 0.491 e. The summed E-state index contributed by atoms with van der Waals surface area (Å²) in [6, 6.07) is 9.15. The molecule has 0 bridgehead atoms. The number of carbonyl (C=O) groups is 1. The third-order valence-corrected chi connectivity index (χ3v) is 5.97. The minimum atomic E-state index is -0.721. The van der Waals surface area contributed by atoms with Gasteiger partial charge in [-0.05, 0) is 24.6 Å². The lowest BCUT2D eigenvalue weighted by Crippen LogP contribution is -2.38. The van der Waals surface area contributed by atoms with Crippen molar-refractivity contribution in [1.82, 2.24) is 9.55 Å². The fourth-order valence-electron chi connectivity index (χ4n) is 4.03. The first-order valence-corrected chi connectivity index (χ1v) is 10.6. The number of primary amides is 1. The van der Waals surface area contributed by atoms with Crippen LogP contribution in [0, 0.1) is 23.5 Å². The van der Waals surface area contributed by atoms with Gasteiger partial charge < -0.3 is 19.8 Å².